The van der Waals surface area contributed by atoms with Crippen LogP contribution in [-0.4, -0.2) is 68.2 Å². The second kappa shape index (κ2) is 6.94. The largest absolute Gasteiger partial charge is 0.379 e. The Kier molecular flexibility index (Phi) is 5.12. The Bertz CT molecular complexity index is 641. The molecular formula is C14H22N4O3S2. The van der Waals surface area contributed by atoms with Gasteiger partial charge in [-0.2, -0.15) is 11.8 Å². The number of primary sulfonamides is 1. The van der Waals surface area contributed by atoms with E-state index in [9.17, 15) is 8.42 Å². The lowest BCUT2D eigenvalue weighted by molar-refractivity contribution is -0.00924. The molecule has 23 heavy (non-hydrogen) atoms. The van der Waals surface area contributed by atoms with Crippen LogP contribution in [0.1, 0.15) is 6.42 Å². The molecule has 1 unspecified atom stereocenters. The molecule has 2 fully saturated rings. The third kappa shape index (κ3) is 3.80. The van der Waals surface area contributed by atoms with Crippen LogP contribution in [0.25, 0.3) is 0 Å². The number of hydrogen-bond acceptors (Lipinski definition) is 7. The zero-order valence-electron chi connectivity index (χ0n) is 12.9. The number of sulfonamides is 1. The van der Waals surface area contributed by atoms with Crippen LogP contribution < -0.4 is 10.5 Å². The van der Waals surface area contributed by atoms with E-state index in [0.29, 0.717) is 12.4 Å². The maximum Gasteiger partial charge on any atom is 0.241 e. The van der Waals surface area contributed by atoms with Crippen LogP contribution in [0.15, 0.2) is 23.2 Å². The maximum atomic E-state index is 11.7. The molecule has 2 aliphatic rings. The normalized spacial score (nSPS) is 26.3. The quantitative estimate of drug-likeness (QED) is 0.784. The molecule has 0 amide bonds. The number of thioether (sulfide) groups is 1. The van der Waals surface area contributed by atoms with Gasteiger partial charge >= 0.3 is 0 Å². The Balaban J connectivity index is 1.78. The maximum absolute atomic E-state index is 11.7. The first-order valence-electron chi connectivity index (χ1n) is 7.64. The number of nitrogens with two attached hydrogens (primary N) is 1. The van der Waals surface area contributed by atoms with Crippen LogP contribution >= 0.6 is 11.8 Å². The topological polar surface area (TPSA) is 97.6 Å². The lowest BCUT2D eigenvalue weighted by Crippen LogP contribution is -2.57. The van der Waals surface area contributed by atoms with Gasteiger partial charge < -0.3 is 10.1 Å². The second-order valence-corrected chi connectivity index (χ2v) is 8.51. The summed E-state index contributed by atoms with van der Waals surface area (Å²) in [6.45, 7) is 3.97. The monoisotopic (exact) mass is 358 g/mol. The number of rotatable bonds is 5. The van der Waals surface area contributed by atoms with Crippen molar-refractivity contribution in [3.63, 3.8) is 0 Å². The van der Waals surface area contributed by atoms with Gasteiger partial charge in [0.25, 0.3) is 0 Å². The van der Waals surface area contributed by atoms with E-state index in [0.717, 1.165) is 44.2 Å². The Labute approximate surface area is 141 Å². The number of anilines is 1. The van der Waals surface area contributed by atoms with Crippen LogP contribution in [0.2, 0.25) is 0 Å². The van der Waals surface area contributed by atoms with Crippen molar-refractivity contribution in [1.29, 1.82) is 0 Å². The average molecular weight is 358 g/mol. The summed E-state index contributed by atoms with van der Waals surface area (Å²) in [6.07, 6.45) is 2.64. The Morgan fingerprint density at radius 2 is 2.22 bits per heavy atom. The Hall–Kier alpha value is -0.870. The highest BCUT2D eigenvalue weighted by Crippen LogP contribution is 2.34. The van der Waals surface area contributed by atoms with Gasteiger partial charge in [0.2, 0.25) is 10.0 Å². The van der Waals surface area contributed by atoms with Gasteiger partial charge in [-0.1, -0.05) is 0 Å². The minimum absolute atomic E-state index is 0.0155. The first-order valence-corrected chi connectivity index (χ1v) is 10.3. The predicted octanol–water partition coefficient (Wildman–Crippen LogP) is 0.349. The van der Waals surface area contributed by atoms with E-state index in [4.69, 9.17) is 9.88 Å². The molecule has 0 radical (unpaired) electrons. The third-order valence-corrected chi connectivity index (χ3v) is 6.60. The summed E-state index contributed by atoms with van der Waals surface area (Å²) >= 11 is 1.93. The summed E-state index contributed by atoms with van der Waals surface area (Å²) in [5, 5.41) is 8.51. The lowest BCUT2D eigenvalue weighted by atomic mass is 9.95. The van der Waals surface area contributed by atoms with Gasteiger partial charge in [-0.15, -0.1) is 0 Å². The van der Waals surface area contributed by atoms with Gasteiger partial charge in [-0.05, 0) is 24.3 Å². The highest BCUT2D eigenvalue weighted by molar-refractivity contribution is 7.99. The van der Waals surface area contributed by atoms with Gasteiger partial charge in [0.05, 0.1) is 13.2 Å². The van der Waals surface area contributed by atoms with Gasteiger partial charge in [0, 0.05) is 37.1 Å². The SMILES string of the molecule is NS(=O)(=O)c1cccnc1NCC1(N2CCOCC2)CCSC1. The second-order valence-electron chi connectivity index (χ2n) is 5.88. The molecule has 3 rings (SSSR count). The van der Waals surface area contributed by atoms with Crippen LogP contribution in [-0.2, 0) is 14.8 Å². The molecule has 1 aromatic heterocycles. The molecule has 7 nitrogen and oxygen atoms in total. The minimum atomic E-state index is -3.79. The van der Waals surface area contributed by atoms with Crippen LogP contribution in [0.4, 0.5) is 5.82 Å². The predicted molar refractivity (Wildman–Crippen MR) is 91.2 cm³/mol. The molecule has 128 valence electrons. The fraction of sp³-hybridized carbons (Fsp3) is 0.643. The van der Waals surface area contributed by atoms with Crippen LogP contribution in [0, 0.1) is 0 Å². The average Bonchev–Trinajstić information content (AvgIpc) is 3.03. The highest BCUT2D eigenvalue weighted by atomic mass is 32.2. The molecule has 0 bridgehead atoms. The van der Waals surface area contributed by atoms with Gasteiger partial charge in [0.1, 0.15) is 10.7 Å². The standard InChI is InChI=1S/C14H22N4O3S2/c15-23(19,20)12-2-1-4-16-13(12)17-10-14(3-9-22-11-14)18-5-7-21-8-6-18/h1-2,4H,3,5-11H2,(H,16,17)(H2,15,19,20). The first kappa shape index (κ1) is 17.0. The molecule has 1 aromatic rings. The summed E-state index contributed by atoms with van der Waals surface area (Å²) < 4.78 is 28.8. The van der Waals surface area contributed by atoms with Gasteiger partial charge in [-0.25, -0.2) is 18.5 Å². The summed E-state index contributed by atoms with van der Waals surface area (Å²) in [5.41, 5.74) is 0.0155. The van der Waals surface area contributed by atoms with E-state index in [1.807, 2.05) is 11.8 Å². The summed E-state index contributed by atoms with van der Waals surface area (Å²) in [5.74, 6) is 2.47. The van der Waals surface area contributed by atoms with Gasteiger partial charge in [0.15, 0.2) is 0 Å². The van der Waals surface area contributed by atoms with Crippen molar-refractivity contribution in [3.05, 3.63) is 18.3 Å². The number of pyridine rings is 1. The van der Waals surface area contributed by atoms with Gasteiger partial charge in [-0.3, -0.25) is 4.90 Å². The van der Waals surface area contributed by atoms with E-state index in [1.54, 1.807) is 12.3 Å². The fourth-order valence-electron chi connectivity index (χ4n) is 3.14. The number of nitrogens with zero attached hydrogens (tertiary/aromatic N) is 2. The van der Waals surface area contributed by atoms with E-state index in [1.165, 1.54) is 6.07 Å². The van der Waals surface area contributed by atoms with Crippen molar-refractivity contribution >= 4 is 27.6 Å². The number of morpholine rings is 1. The van der Waals surface area contributed by atoms with Crippen LogP contribution in [0.3, 0.4) is 0 Å². The van der Waals surface area contributed by atoms with E-state index >= 15 is 0 Å². The molecule has 3 N–H and O–H groups in total. The molecule has 0 saturated carbocycles. The van der Waals surface area contributed by atoms with Crippen molar-refractivity contribution in [2.24, 2.45) is 5.14 Å². The van der Waals surface area contributed by atoms with E-state index in [2.05, 4.69) is 15.2 Å². The lowest BCUT2D eigenvalue weighted by Gasteiger charge is -2.43. The Morgan fingerprint density at radius 1 is 1.43 bits per heavy atom. The zero-order valence-corrected chi connectivity index (χ0v) is 14.5. The van der Waals surface area contributed by atoms with E-state index in [-0.39, 0.29) is 10.4 Å². The highest BCUT2D eigenvalue weighted by Gasteiger charge is 2.40. The molecular weight excluding hydrogens is 336 g/mol. The molecule has 0 aromatic carbocycles. The summed E-state index contributed by atoms with van der Waals surface area (Å²) in [4.78, 5) is 6.67. The Morgan fingerprint density at radius 3 is 2.87 bits per heavy atom. The van der Waals surface area contributed by atoms with Crippen molar-refractivity contribution in [3.8, 4) is 0 Å². The molecule has 1 atom stereocenters. The number of nitrogens with one attached hydrogen (secondary N) is 1. The molecule has 9 heteroatoms. The summed E-state index contributed by atoms with van der Waals surface area (Å²) in [6, 6.07) is 3.06. The molecule has 0 spiro atoms. The minimum Gasteiger partial charge on any atom is -0.379 e. The summed E-state index contributed by atoms with van der Waals surface area (Å²) in [7, 11) is -3.79. The van der Waals surface area contributed by atoms with Crippen LogP contribution in [0.5, 0.6) is 0 Å². The number of hydrogen-bond donors (Lipinski definition) is 2. The zero-order chi connectivity index (χ0) is 16.3. The van der Waals surface area contributed by atoms with Crippen molar-refractivity contribution in [2.75, 3.05) is 49.7 Å². The number of ether oxygens (including phenoxy) is 1. The molecule has 2 saturated heterocycles. The number of aromatic nitrogens is 1. The van der Waals surface area contributed by atoms with Crippen molar-refractivity contribution in [2.45, 2.75) is 16.9 Å². The smallest absolute Gasteiger partial charge is 0.241 e. The third-order valence-electron chi connectivity index (χ3n) is 4.43. The first-order chi connectivity index (χ1) is 11.0. The molecule has 0 aliphatic carbocycles. The molecule has 3 heterocycles. The molecule has 2 aliphatic heterocycles. The van der Waals surface area contributed by atoms with E-state index < -0.39 is 10.0 Å². The van der Waals surface area contributed by atoms with Crippen molar-refractivity contribution in [1.82, 2.24) is 9.88 Å². The van der Waals surface area contributed by atoms with Crippen molar-refractivity contribution < 1.29 is 13.2 Å². The fourth-order valence-corrected chi connectivity index (χ4v) is 5.28.